The van der Waals surface area contributed by atoms with E-state index in [1.54, 1.807) is 54.6 Å². The quantitative estimate of drug-likeness (QED) is 0.263. The number of hydrogen-bond donors (Lipinski definition) is 1. The molecule has 3 aromatic carbocycles. The second-order valence-electron chi connectivity index (χ2n) is 7.77. The molecule has 0 spiro atoms. The van der Waals surface area contributed by atoms with Crippen LogP contribution in [0.1, 0.15) is 16.7 Å². The number of imide groups is 1. The van der Waals surface area contributed by atoms with E-state index >= 15 is 0 Å². The summed E-state index contributed by atoms with van der Waals surface area (Å²) in [6, 6.07) is 21.6. The van der Waals surface area contributed by atoms with Crippen LogP contribution in [0.15, 0.2) is 71.6 Å². The van der Waals surface area contributed by atoms with Crippen LogP contribution in [0.4, 0.5) is 10.5 Å². The van der Waals surface area contributed by atoms with Gasteiger partial charge in [-0.25, -0.2) is 0 Å². The summed E-state index contributed by atoms with van der Waals surface area (Å²) in [6.45, 7) is -0.200. The molecule has 4 rings (SSSR count). The lowest BCUT2D eigenvalue weighted by Crippen LogP contribution is -2.36. The van der Waals surface area contributed by atoms with Crippen LogP contribution in [0.3, 0.4) is 0 Å². The Bertz CT molecular complexity index is 1440. The summed E-state index contributed by atoms with van der Waals surface area (Å²) in [4.78, 5) is 38.8. The van der Waals surface area contributed by atoms with Gasteiger partial charge in [0, 0.05) is 11.3 Å². The number of nitriles is 1. The predicted octanol–water partition coefficient (Wildman–Crippen LogP) is 5.43. The molecule has 3 aromatic rings. The van der Waals surface area contributed by atoms with Crippen LogP contribution in [0, 0.1) is 14.9 Å². The van der Waals surface area contributed by atoms with Crippen molar-refractivity contribution in [2.24, 2.45) is 0 Å². The molecular formula is C27H20IN3O5S. The number of benzene rings is 3. The molecule has 186 valence electrons. The van der Waals surface area contributed by atoms with Crippen LogP contribution in [-0.4, -0.2) is 35.6 Å². The molecule has 1 saturated heterocycles. The Morgan fingerprint density at radius 3 is 2.59 bits per heavy atom. The number of carbonyl (C=O) groups is 3. The van der Waals surface area contributed by atoms with Gasteiger partial charge in [0.05, 0.1) is 27.2 Å². The molecule has 1 aliphatic rings. The summed E-state index contributed by atoms with van der Waals surface area (Å²) >= 11 is 2.87. The summed E-state index contributed by atoms with van der Waals surface area (Å²) in [6.07, 6.45) is 1.58. The Balaban J connectivity index is 1.49. The number of thioether (sulfide) groups is 1. The van der Waals surface area contributed by atoms with Crippen LogP contribution < -0.4 is 14.8 Å². The Morgan fingerprint density at radius 1 is 1.14 bits per heavy atom. The lowest BCUT2D eigenvalue weighted by molar-refractivity contribution is -0.127. The Labute approximate surface area is 231 Å². The highest BCUT2D eigenvalue weighted by molar-refractivity contribution is 14.1. The van der Waals surface area contributed by atoms with Crippen molar-refractivity contribution < 1.29 is 23.9 Å². The molecule has 10 heteroatoms. The first-order chi connectivity index (χ1) is 17.9. The van der Waals surface area contributed by atoms with Gasteiger partial charge in [-0.05, 0) is 76.3 Å². The number of nitrogens with one attached hydrogen (secondary N) is 1. The molecule has 8 nitrogen and oxygen atoms in total. The van der Waals surface area contributed by atoms with Gasteiger partial charge in [-0.1, -0.05) is 36.4 Å². The van der Waals surface area contributed by atoms with Crippen molar-refractivity contribution in [3.63, 3.8) is 0 Å². The third-order valence-corrected chi connectivity index (χ3v) is 7.00. The Hall–Kier alpha value is -3.82. The van der Waals surface area contributed by atoms with Gasteiger partial charge in [-0.3, -0.25) is 19.3 Å². The van der Waals surface area contributed by atoms with E-state index in [4.69, 9.17) is 9.47 Å². The largest absolute Gasteiger partial charge is 0.493 e. The lowest BCUT2D eigenvalue weighted by atomic mass is 10.1. The third kappa shape index (κ3) is 6.31. The number of anilines is 1. The maximum absolute atomic E-state index is 12.9. The second-order valence-corrected chi connectivity index (χ2v) is 9.93. The monoisotopic (exact) mass is 625 g/mol. The van der Waals surface area contributed by atoms with Crippen molar-refractivity contribution in [2.45, 2.75) is 6.61 Å². The van der Waals surface area contributed by atoms with Gasteiger partial charge in [-0.15, -0.1) is 0 Å². The van der Waals surface area contributed by atoms with Crippen LogP contribution >= 0.6 is 34.4 Å². The van der Waals surface area contributed by atoms with Gasteiger partial charge < -0.3 is 14.8 Å². The highest BCUT2D eigenvalue weighted by atomic mass is 127. The molecule has 0 aromatic heterocycles. The maximum Gasteiger partial charge on any atom is 0.294 e. The average molecular weight is 625 g/mol. The molecule has 1 heterocycles. The molecule has 0 radical (unpaired) electrons. The highest BCUT2D eigenvalue weighted by Gasteiger charge is 2.36. The topological polar surface area (TPSA) is 109 Å². The number of amides is 3. The molecule has 0 aliphatic carbocycles. The fourth-order valence-corrected chi connectivity index (χ4v) is 5.14. The minimum atomic E-state index is -0.541. The SMILES string of the molecule is COc1cc(/C=C2/SC(=O)N(CC(=O)Nc3ccccc3)C2=O)cc(I)c1OCc1ccccc1C#N. The summed E-state index contributed by atoms with van der Waals surface area (Å²) in [5.41, 5.74) is 2.48. The maximum atomic E-state index is 12.9. The zero-order chi connectivity index (χ0) is 26.4. The summed E-state index contributed by atoms with van der Waals surface area (Å²) in [5, 5.41) is 11.5. The number of para-hydroxylation sites is 1. The fraction of sp³-hybridized carbons (Fsp3) is 0.111. The van der Waals surface area contributed by atoms with E-state index in [9.17, 15) is 19.6 Å². The summed E-state index contributed by atoms with van der Waals surface area (Å²) in [7, 11) is 1.50. The molecule has 0 bridgehead atoms. The number of ether oxygens (including phenoxy) is 2. The molecular weight excluding hydrogens is 605 g/mol. The molecule has 1 aliphatic heterocycles. The van der Waals surface area contributed by atoms with E-state index in [1.165, 1.54) is 7.11 Å². The second kappa shape index (κ2) is 11.9. The Morgan fingerprint density at radius 2 is 1.86 bits per heavy atom. The predicted molar refractivity (Wildman–Crippen MR) is 149 cm³/mol. The van der Waals surface area contributed by atoms with Crippen molar-refractivity contribution in [3.8, 4) is 17.6 Å². The average Bonchev–Trinajstić information content (AvgIpc) is 3.15. The van der Waals surface area contributed by atoms with Gasteiger partial charge in [0.25, 0.3) is 11.1 Å². The van der Waals surface area contributed by atoms with Gasteiger partial charge >= 0.3 is 0 Å². The zero-order valence-corrected chi connectivity index (χ0v) is 22.5. The minimum absolute atomic E-state index is 0.180. The van der Waals surface area contributed by atoms with Gasteiger partial charge in [-0.2, -0.15) is 5.26 Å². The lowest BCUT2D eigenvalue weighted by Gasteiger charge is -2.14. The van der Waals surface area contributed by atoms with Crippen molar-refractivity contribution in [3.05, 3.63) is 91.9 Å². The van der Waals surface area contributed by atoms with E-state index < -0.39 is 17.1 Å². The molecule has 1 fully saturated rings. The van der Waals surface area contributed by atoms with Crippen molar-refractivity contribution >= 4 is 63.2 Å². The van der Waals surface area contributed by atoms with E-state index in [0.29, 0.717) is 28.3 Å². The van der Waals surface area contributed by atoms with Crippen molar-refractivity contribution in [1.82, 2.24) is 4.90 Å². The first-order valence-corrected chi connectivity index (χ1v) is 12.9. The number of hydrogen-bond acceptors (Lipinski definition) is 7. The van der Waals surface area contributed by atoms with E-state index in [-0.39, 0.29) is 18.1 Å². The Kier molecular flexibility index (Phi) is 8.47. The molecule has 0 unspecified atom stereocenters. The standard InChI is InChI=1S/C27H20IN3O5S/c1-35-22-12-17(11-21(28)25(22)36-16-19-8-6-5-7-18(19)14-29)13-23-26(33)31(27(34)37-23)15-24(32)30-20-9-3-2-4-10-20/h2-13H,15-16H2,1H3,(H,30,32)/b23-13+. The zero-order valence-electron chi connectivity index (χ0n) is 19.6. The van der Waals surface area contributed by atoms with E-state index in [2.05, 4.69) is 34.0 Å². The highest BCUT2D eigenvalue weighted by Crippen LogP contribution is 2.37. The number of carbonyl (C=O) groups excluding carboxylic acids is 3. The molecule has 1 N–H and O–H groups in total. The van der Waals surface area contributed by atoms with Gasteiger partial charge in [0.15, 0.2) is 11.5 Å². The van der Waals surface area contributed by atoms with Gasteiger partial charge in [0.2, 0.25) is 5.91 Å². The smallest absolute Gasteiger partial charge is 0.294 e. The van der Waals surface area contributed by atoms with Crippen LogP contribution in [0.25, 0.3) is 6.08 Å². The molecule has 0 atom stereocenters. The van der Waals surface area contributed by atoms with Crippen LogP contribution in [0.5, 0.6) is 11.5 Å². The number of halogens is 1. The summed E-state index contributed by atoms with van der Waals surface area (Å²) < 4.78 is 12.2. The minimum Gasteiger partial charge on any atom is -0.493 e. The van der Waals surface area contributed by atoms with Crippen molar-refractivity contribution in [1.29, 1.82) is 5.26 Å². The van der Waals surface area contributed by atoms with Crippen LogP contribution in [-0.2, 0) is 16.2 Å². The first kappa shape index (κ1) is 26.2. The number of rotatable bonds is 8. The molecule has 37 heavy (non-hydrogen) atoms. The first-order valence-electron chi connectivity index (χ1n) is 11.0. The molecule has 3 amide bonds. The fourth-order valence-electron chi connectivity index (χ4n) is 3.52. The van der Waals surface area contributed by atoms with Gasteiger partial charge in [0.1, 0.15) is 13.2 Å². The molecule has 0 saturated carbocycles. The third-order valence-electron chi connectivity index (χ3n) is 5.29. The summed E-state index contributed by atoms with van der Waals surface area (Å²) in [5.74, 6) is -0.0706. The van der Waals surface area contributed by atoms with Crippen molar-refractivity contribution in [2.75, 3.05) is 19.0 Å². The van der Waals surface area contributed by atoms with E-state index in [1.807, 2.05) is 18.2 Å². The normalized spacial score (nSPS) is 14.0. The number of methoxy groups -OCH3 is 1. The van der Waals surface area contributed by atoms with Crippen LogP contribution in [0.2, 0.25) is 0 Å². The number of nitrogens with zero attached hydrogens (tertiary/aromatic N) is 2. The van der Waals surface area contributed by atoms with E-state index in [0.717, 1.165) is 25.8 Å².